The van der Waals surface area contributed by atoms with Gasteiger partial charge >= 0.3 is 6.09 Å². The Balaban J connectivity index is 2.64. The minimum absolute atomic E-state index is 0.0810. The maximum absolute atomic E-state index is 12.0. The maximum atomic E-state index is 12.0. The highest BCUT2D eigenvalue weighted by molar-refractivity contribution is 5.68. The Morgan fingerprint density at radius 1 is 1.38 bits per heavy atom. The minimum Gasteiger partial charge on any atom is -0.444 e. The third kappa shape index (κ3) is 4.00. The summed E-state index contributed by atoms with van der Waals surface area (Å²) in [7, 11) is 0. The second kappa shape index (κ2) is 5.04. The Kier molecular flexibility index (Phi) is 4.19. The molecule has 1 saturated heterocycles. The topological polar surface area (TPSA) is 55.6 Å². The van der Waals surface area contributed by atoms with Crippen molar-refractivity contribution in [2.45, 2.75) is 64.6 Å². The van der Waals surface area contributed by atoms with E-state index in [9.17, 15) is 4.79 Å². The summed E-state index contributed by atoms with van der Waals surface area (Å²) < 4.78 is 5.38. The van der Waals surface area contributed by atoms with Crippen molar-refractivity contribution in [3.05, 3.63) is 0 Å². The van der Waals surface area contributed by atoms with Crippen LogP contribution in [0.25, 0.3) is 0 Å². The predicted octanol–water partition coefficient (Wildman–Crippen LogP) is 2.12. The summed E-state index contributed by atoms with van der Waals surface area (Å²) >= 11 is 0. The maximum Gasteiger partial charge on any atom is 0.410 e. The zero-order valence-electron chi connectivity index (χ0n) is 10.8. The van der Waals surface area contributed by atoms with Gasteiger partial charge in [0.1, 0.15) is 5.60 Å². The van der Waals surface area contributed by atoms with Gasteiger partial charge in [-0.1, -0.05) is 0 Å². The molecule has 1 rings (SSSR count). The van der Waals surface area contributed by atoms with Crippen LogP contribution in [-0.2, 0) is 4.74 Å². The van der Waals surface area contributed by atoms with Crippen molar-refractivity contribution in [1.29, 1.82) is 0 Å². The third-order valence-corrected chi connectivity index (χ3v) is 2.79. The van der Waals surface area contributed by atoms with Crippen molar-refractivity contribution in [3.8, 4) is 0 Å². The van der Waals surface area contributed by atoms with E-state index in [1.54, 1.807) is 4.90 Å². The largest absolute Gasteiger partial charge is 0.444 e. The predicted molar refractivity (Wildman–Crippen MR) is 64.2 cm³/mol. The summed E-state index contributed by atoms with van der Waals surface area (Å²) in [5.74, 6) is 0. The summed E-state index contributed by atoms with van der Waals surface area (Å²) in [6.45, 7) is 8.31. The van der Waals surface area contributed by atoms with Gasteiger partial charge in [-0.15, -0.1) is 0 Å². The number of rotatable bonds is 0. The lowest BCUT2D eigenvalue weighted by atomic mass is 10.1. The number of nitrogens with zero attached hydrogens (tertiary/aromatic N) is 1. The molecule has 1 fully saturated rings. The van der Waals surface area contributed by atoms with E-state index < -0.39 is 5.60 Å². The molecular weight excluding hydrogens is 204 g/mol. The van der Waals surface area contributed by atoms with Gasteiger partial charge in [0.2, 0.25) is 0 Å². The van der Waals surface area contributed by atoms with Gasteiger partial charge in [-0.2, -0.15) is 0 Å². The molecule has 0 radical (unpaired) electrons. The summed E-state index contributed by atoms with van der Waals surface area (Å²) in [4.78, 5) is 13.7. The smallest absolute Gasteiger partial charge is 0.410 e. The van der Waals surface area contributed by atoms with Gasteiger partial charge in [-0.3, -0.25) is 0 Å². The quantitative estimate of drug-likeness (QED) is 0.691. The second-order valence-corrected chi connectivity index (χ2v) is 5.67. The number of amides is 1. The molecule has 0 aromatic heterocycles. The standard InChI is InChI=1S/C12H24N2O2/c1-9-6-5-7-10(13)8-14(9)11(15)16-12(2,3)4/h9-10H,5-8,13H2,1-4H3. The van der Waals surface area contributed by atoms with E-state index >= 15 is 0 Å². The molecule has 2 atom stereocenters. The molecule has 0 spiro atoms. The highest BCUT2D eigenvalue weighted by atomic mass is 16.6. The molecule has 0 aliphatic carbocycles. The van der Waals surface area contributed by atoms with Gasteiger partial charge in [-0.25, -0.2) is 4.79 Å². The molecule has 0 bridgehead atoms. The summed E-state index contributed by atoms with van der Waals surface area (Å²) in [6.07, 6.45) is 2.84. The first-order valence-corrected chi connectivity index (χ1v) is 6.05. The van der Waals surface area contributed by atoms with Crippen LogP contribution in [-0.4, -0.2) is 35.2 Å². The molecule has 1 aliphatic heterocycles. The SMILES string of the molecule is CC1CCCC(N)CN1C(=O)OC(C)(C)C. The van der Waals surface area contributed by atoms with Crippen molar-refractivity contribution in [2.24, 2.45) is 5.73 Å². The molecule has 1 aliphatic rings. The van der Waals surface area contributed by atoms with Crippen LogP contribution in [0.5, 0.6) is 0 Å². The van der Waals surface area contributed by atoms with Crippen LogP contribution in [0.4, 0.5) is 4.79 Å². The van der Waals surface area contributed by atoms with Crippen molar-refractivity contribution in [1.82, 2.24) is 4.90 Å². The molecule has 2 unspecified atom stereocenters. The average Bonchev–Trinajstić information content (AvgIpc) is 2.25. The van der Waals surface area contributed by atoms with Crippen molar-refractivity contribution < 1.29 is 9.53 Å². The van der Waals surface area contributed by atoms with Gasteiger partial charge in [0.25, 0.3) is 0 Å². The van der Waals surface area contributed by atoms with Gasteiger partial charge in [0.15, 0.2) is 0 Å². The lowest BCUT2D eigenvalue weighted by molar-refractivity contribution is 0.0174. The molecule has 0 aromatic carbocycles. The summed E-state index contributed by atoms with van der Waals surface area (Å²) in [5, 5.41) is 0. The van der Waals surface area contributed by atoms with E-state index in [0.29, 0.717) is 6.54 Å². The first-order valence-electron chi connectivity index (χ1n) is 6.05. The Morgan fingerprint density at radius 2 is 2.00 bits per heavy atom. The fourth-order valence-corrected chi connectivity index (χ4v) is 1.93. The minimum atomic E-state index is -0.437. The monoisotopic (exact) mass is 228 g/mol. The third-order valence-electron chi connectivity index (χ3n) is 2.79. The molecule has 4 heteroatoms. The van der Waals surface area contributed by atoms with Gasteiger partial charge in [-0.05, 0) is 47.0 Å². The van der Waals surface area contributed by atoms with E-state index in [1.807, 2.05) is 20.8 Å². The molecular formula is C12H24N2O2. The second-order valence-electron chi connectivity index (χ2n) is 5.67. The van der Waals surface area contributed by atoms with E-state index in [4.69, 9.17) is 10.5 Å². The molecule has 16 heavy (non-hydrogen) atoms. The number of hydrogen-bond donors (Lipinski definition) is 1. The molecule has 1 amide bonds. The lowest BCUT2D eigenvalue weighted by Crippen LogP contribution is -2.46. The summed E-state index contributed by atoms with van der Waals surface area (Å²) in [5.41, 5.74) is 5.50. The van der Waals surface area contributed by atoms with E-state index in [1.165, 1.54) is 0 Å². The molecule has 2 N–H and O–H groups in total. The highest BCUT2D eigenvalue weighted by Crippen LogP contribution is 2.19. The highest BCUT2D eigenvalue weighted by Gasteiger charge is 2.29. The van der Waals surface area contributed by atoms with Gasteiger partial charge in [0.05, 0.1) is 0 Å². The Morgan fingerprint density at radius 3 is 2.56 bits per heavy atom. The summed E-state index contributed by atoms with van der Waals surface area (Å²) in [6, 6.07) is 0.306. The van der Waals surface area contributed by atoms with Crippen LogP contribution in [0.2, 0.25) is 0 Å². The number of carbonyl (C=O) groups excluding carboxylic acids is 1. The number of likely N-dealkylation sites (tertiary alicyclic amines) is 1. The van der Waals surface area contributed by atoms with Crippen LogP contribution in [0, 0.1) is 0 Å². The van der Waals surface area contributed by atoms with E-state index in [0.717, 1.165) is 19.3 Å². The normalized spacial score (nSPS) is 27.4. The molecule has 0 aromatic rings. The van der Waals surface area contributed by atoms with E-state index in [2.05, 4.69) is 6.92 Å². The van der Waals surface area contributed by atoms with E-state index in [-0.39, 0.29) is 18.2 Å². The number of nitrogens with two attached hydrogens (primary N) is 1. The molecule has 1 heterocycles. The molecule has 4 nitrogen and oxygen atoms in total. The van der Waals surface area contributed by atoms with Crippen LogP contribution < -0.4 is 5.73 Å². The number of carbonyl (C=O) groups is 1. The van der Waals surface area contributed by atoms with Crippen molar-refractivity contribution >= 4 is 6.09 Å². The van der Waals surface area contributed by atoms with Crippen LogP contribution in [0.3, 0.4) is 0 Å². The molecule has 94 valence electrons. The zero-order valence-corrected chi connectivity index (χ0v) is 10.8. The van der Waals surface area contributed by atoms with Crippen molar-refractivity contribution in [3.63, 3.8) is 0 Å². The van der Waals surface area contributed by atoms with Crippen molar-refractivity contribution in [2.75, 3.05) is 6.54 Å². The first-order chi connectivity index (χ1) is 7.29. The van der Waals surface area contributed by atoms with Gasteiger partial charge in [0, 0.05) is 18.6 Å². The van der Waals surface area contributed by atoms with Crippen LogP contribution in [0.15, 0.2) is 0 Å². The fourth-order valence-electron chi connectivity index (χ4n) is 1.93. The zero-order chi connectivity index (χ0) is 12.3. The number of hydrogen-bond acceptors (Lipinski definition) is 3. The Labute approximate surface area is 98.1 Å². The Bertz CT molecular complexity index is 248. The lowest BCUT2D eigenvalue weighted by Gasteiger charge is -2.31. The van der Waals surface area contributed by atoms with Gasteiger partial charge < -0.3 is 15.4 Å². The van der Waals surface area contributed by atoms with Crippen LogP contribution in [0.1, 0.15) is 47.0 Å². The average molecular weight is 228 g/mol. The Hall–Kier alpha value is -0.770. The fraction of sp³-hybridized carbons (Fsp3) is 0.917. The first kappa shape index (κ1) is 13.3. The number of ether oxygens (including phenoxy) is 1. The molecule has 0 saturated carbocycles. The van der Waals surface area contributed by atoms with Crippen LogP contribution >= 0.6 is 0 Å².